The molecule has 2 aromatic heterocycles. The Hall–Kier alpha value is -3.40. The molecule has 0 spiro atoms. The first-order valence-corrected chi connectivity index (χ1v) is 9.22. The van der Waals surface area contributed by atoms with Crippen molar-refractivity contribution < 1.29 is 14.7 Å². The highest BCUT2D eigenvalue weighted by atomic mass is 16.3. The van der Waals surface area contributed by atoms with Gasteiger partial charge in [0.1, 0.15) is 5.82 Å². The van der Waals surface area contributed by atoms with Crippen molar-refractivity contribution in [2.45, 2.75) is 44.7 Å². The molecule has 10 heteroatoms. The van der Waals surface area contributed by atoms with Gasteiger partial charge in [0, 0.05) is 29.9 Å². The number of hydrogen-bond donors (Lipinski definition) is 6. The Morgan fingerprint density at radius 3 is 2.62 bits per heavy atom. The molecule has 1 aliphatic rings. The molecule has 0 aromatic carbocycles. The Kier molecular flexibility index (Phi) is 7.72. The first-order chi connectivity index (χ1) is 13.8. The Balaban J connectivity index is 0.000000941. The smallest absolute Gasteiger partial charge is 0.290 e. The quantitative estimate of drug-likeness (QED) is 0.405. The van der Waals surface area contributed by atoms with Gasteiger partial charge in [-0.2, -0.15) is 0 Å². The summed E-state index contributed by atoms with van der Waals surface area (Å²) in [6.07, 6.45) is 5.83. The van der Waals surface area contributed by atoms with Gasteiger partial charge in [0.15, 0.2) is 11.1 Å². The second-order valence-corrected chi connectivity index (χ2v) is 6.83. The zero-order chi connectivity index (χ0) is 21.4. The maximum atomic E-state index is 11.7. The van der Waals surface area contributed by atoms with E-state index in [4.69, 9.17) is 21.4 Å². The van der Waals surface area contributed by atoms with E-state index in [1.165, 1.54) is 12.1 Å². The lowest BCUT2D eigenvalue weighted by Crippen LogP contribution is -2.42. The van der Waals surface area contributed by atoms with Gasteiger partial charge in [-0.1, -0.05) is 12.8 Å². The molecular formula is C19H26N6O4. The zero-order valence-corrected chi connectivity index (χ0v) is 16.1. The normalized spacial score (nSPS) is 18.1. The standard InChI is InChI=1S/C18H24N6O2.CH2O2/c1-10-6-12(25)8-16(22-10)24-15-7-11(9-21-17(15)18(20)26)23-14-5-3-2-4-13(14)19;2-1-3/h6-9,13-14,23H,2-5,19H2,1H3,(H2,20,26)(H2,22,24,25);1H,(H,2,3)/t13-,14+;/m0./s1. The van der Waals surface area contributed by atoms with Crippen molar-refractivity contribution in [1.29, 1.82) is 0 Å². The van der Waals surface area contributed by atoms with Gasteiger partial charge in [0.25, 0.3) is 12.4 Å². The molecule has 0 unspecified atom stereocenters. The highest BCUT2D eigenvalue weighted by molar-refractivity contribution is 5.97. The van der Waals surface area contributed by atoms with Crippen LogP contribution in [0.1, 0.15) is 41.9 Å². The van der Waals surface area contributed by atoms with Crippen LogP contribution in [0.3, 0.4) is 0 Å². The number of anilines is 3. The third-order valence-corrected chi connectivity index (χ3v) is 4.54. The van der Waals surface area contributed by atoms with Crippen molar-refractivity contribution in [3.63, 3.8) is 0 Å². The van der Waals surface area contributed by atoms with Crippen molar-refractivity contribution in [2.75, 3.05) is 10.6 Å². The predicted octanol–water partition coefficient (Wildman–Crippen LogP) is 1.30. The monoisotopic (exact) mass is 402 g/mol. The minimum absolute atomic E-state index is 0.0871. The van der Waals surface area contributed by atoms with Crippen LogP contribution in [0.4, 0.5) is 17.2 Å². The number of rotatable bonds is 5. The number of amides is 1. The molecule has 8 N–H and O–H groups in total. The highest BCUT2D eigenvalue weighted by Crippen LogP contribution is 2.25. The second kappa shape index (κ2) is 10.2. The fourth-order valence-electron chi connectivity index (χ4n) is 3.28. The fourth-order valence-corrected chi connectivity index (χ4v) is 3.28. The van der Waals surface area contributed by atoms with Gasteiger partial charge in [-0.15, -0.1) is 0 Å². The van der Waals surface area contributed by atoms with Crippen molar-refractivity contribution in [3.8, 4) is 0 Å². The molecule has 1 fully saturated rings. The van der Waals surface area contributed by atoms with E-state index in [2.05, 4.69) is 20.6 Å². The van der Waals surface area contributed by atoms with Crippen LogP contribution < -0.4 is 27.5 Å². The Morgan fingerprint density at radius 1 is 1.31 bits per heavy atom. The summed E-state index contributed by atoms with van der Waals surface area (Å²) in [5, 5.41) is 13.3. The SMILES string of the molecule is Cc1cc(=O)cc(Nc2cc(N[C@@H]3CCCC[C@@H]3N)cnc2C(N)=O)[nH]1.O=CO. The topological polar surface area (TPSA) is 176 Å². The molecule has 2 heterocycles. The number of carbonyl (C=O) groups excluding carboxylic acids is 1. The predicted molar refractivity (Wildman–Crippen MR) is 110 cm³/mol. The van der Waals surface area contributed by atoms with Crippen LogP contribution >= 0.6 is 0 Å². The van der Waals surface area contributed by atoms with Crippen LogP contribution in [0.5, 0.6) is 0 Å². The van der Waals surface area contributed by atoms with E-state index in [-0.39, 0.29) is 29.7 Å². The Labute approximate surface area is 167 Å². The molecule has 156 valence electrons. The summed E-state index contributed by atoms with van der Waals surface area (Å²) in [6, 6.07) is 4.91. The molecule has 1 saturated carbocycles. The van der Waals surface area contributed by atoms with Gasteiger partial charge < -0.3 is 32.2 Å². The molecule has 1 aliphatic carbocycles. The minimum Gasteiger partial charge on any atom is -0.483 e. The lowest BCUT2D eigenvalue weighted by molar-refractivity contribution is -0.122. The largest absolute Gasteiger partial charge is 0.483 e. The van der Waals surface area contributed by atoms with Gasteiger partial charge in [-0.3, -0.25) is 14.4 Å². The summed E-state index contributed by atoms with van der Waals surface area (Å²) < 4.78 is 0. The summed E-state index contributed by atoms with van der Waals surface area (Å²) in [5.41, 5.74) is 13.5. The van der Waals surface area contributed by atoms with Gasteiger partial charge in [0.05, 0.1) is 17.6 Å². The van der Waals surface area contributed by atoms with Gasteiger partial charge >= 0.3 is 0 Å². The lowest BCUT2D eigenvalue weighted by Gasteiger charge is -2.30. The first-order valence-electron chi connectivity index (χ1n) is 9.22. The van der Waals surface area contributed by atoms with E-state index in [0.717, 1.165) is 31.4 Å². The van der Waals surface area contributed by atoms with Crippen LogP contribution in [0.2, 0.25) is 0 Å². The summed E-state index contributed by atoms with van der Waals surface area (Å²) in [6.45, 7) is 1.53. The second-order valence-electron chi connectivity index (χ2n) is 6.83. The number of H-pyrrole nitrogens is 1. The van der Waals surface area contributed by atoms with Gasteiger partial charge in [-0.05, 0) is 25.8 Å². The van der Waals surface area contributed by atoms with Crippen molar-refractivity contribution in [2.24, 2.45) is 11.5 Å². The maximum absolute atomic E-state index is 11.7. The minimum atomic E-state index is -0.650. The number of aromatic amines is 1. The molecule has 0 bridgehead atoms. The number of aryl methyl sites for hydroxylation is 1. The molecule has 10 nitrogen and oxygen atoms in total. The molecule has 3 rings (SSSR count). The number of nitrogens with two attached hydrogens (primary N) is 2. The first kappa shape index (κ1) is 21.9. The van der Waals surface area contributed by atoms with E-state index < -0.39 is 5.91 Å². The van der Waals surface area contributed by atoms with Crippen molar-refractivity contribution >= 4 is 29.6 Å². The maximum Gasteiger partial charge on any atom is 0.290 e. The highest BCUT2D eigenvalue weighted by Gasteiger charge is 2.22. The van der Waals surface area contributed by atoms with Crippen LogP contribution in [0.15, 0.2) is 29.2 Å². The number of primary amides is 1. The molecular weight excluding hydrogens is 376 g/mol. The fraction of sp³-hybridized carbons (Fsp3) is 0.368. The summed E-state index contributed by atoms with van der Waals surface area (Å²) in [4.78, 5) is 39.0. The number of pyridine rings is 2. The molecule has 2 aromatic rings. The van der Waals surface area contributed by atoms with Crippen LogP contribution in [0.25, 0.3) is 0 Å². The third-order valence-electron chi connectivity index (χ3n) is 4.54. The number of carbonyl (C=O) groups is 2. The van der Waals surface area contributed by atoms with E-state index in [1.807, 2.05) is 0 Å². The summed E-state index contributed by atoms with van der Waals surface area (Å²) >= 11 is 0. The van der Waals surface area contributed by atoms with Crippen LogP contribution in [-0.4, -0.2) is 39.5 Å². The number of hydrogen-bond acceptors (Lipinski definition) is 7. The van der Waals surface area contributed by atoms with Crippen LogP contribution in [0, 0.1) is 6.92 Å². The van der Waals surface area contributed by atoms with E-state index in [0.29, 0.717) is 17.2 Å². The van der Waals surface area contributed by atoms with E-state index in [9.17, 15) is 9.59 Å². The molecule has 1 amide bonds. The van der Waals surface area contributed by atoms with Crippen LogP contribution in [-0.2, 0) is 4.79 Å². The number of nitrogens with zero attached hydrogens (tertiary/aromatic N) is 1. The number of carboxylic acid groups (broad SMARTS) is 1. The van der Waals surface area contributed by atoms with Crippen molar-refractivity contribution in [3.05, 3.63) is 46.0 Å². The zero-order valence-electron chi connectivity index (χ0n) is 16.1. The van der Waals surface area contributed by atoms with E-state index >= 15 is 0 Å². The lowest BCUT2D eigenvalue weighted by atomic mass is 9.91. The number of nitrogens with one attached hydrogen (secondary N) is 3. The van der Waals surface area contributed by atoms with E-state index in [1.54, 1.807) is 19.2 Å². The molecule has 0 aliphatic heterocycles. The molecule has 0 radical (unpaired) electrons. The summed E-state index contributed by atoms with van der Waals surface area (Å²) in [7, 11) is 0. The molecule has 2 atom stereocenters. The summed E-state index contributed by atoms with van der Waals surface area (Å²) in [5.74, 6) is -0.186. The average Bonchev–Trinajstić information content (AvgIpc) is 2.63. The van der Waals surface area contributed by atoms with Crippen molar-refractivity contribution in [1.82, 2.24) is 9.97 Å². The molecule has 29 heavy (non-hydrogen) atoms. The number of aromatic nitrogens is 2. The average molecular weight is 402 g/mol. The Bertz CT molecular complexity index is 914. The third kappa shape index (κ3) is 6.32. The molecule has 0 saturated heterocycles. The van der Waals surface area contributed by atoms with Gasteiger partial charge in [0.2, 0.25) is 0 Å². The Morgan fingerprint density at radius 2 is 2.00 bits per heavy atom. The van der Waals surface area contributed by atoms with Gasteiger partial charge in [-0.25, -0.2) is 4.98 Å².